The maximum atomic E-state index is 11.3. The highest BCUT2D eigenvalue weighted by molar-refractivity contribution is 5.73. The minimum atomic E-state index is -0.196. The van der Waals surface area contributed by atoms with Crippen LogP contribution in [0.3, 0.4) is 0 Å². The third-order valence-electron chi connectivity index (χ3n) is 1.39. The Morgan fingerprint density at radius 3 is 1.83 bits per heavy atom. The standard InChI is InChI=1S/C7H16N2O3/c1-8(2)7(12)9(3-5-10)4-6-11/h10-11H,3-6H2,1-2H3. The average Bonchev–Trinajstić information content (AvgIpc) is 2.03. The van der Waals surface area contributed by atoms with Crippen molar-refractivity contribution in [2.24, 2.45) is 0 Å². The SMILES string of the molecule is CN(C)C(=O)N(CCO)CCO. The molecule has 0 aliphatic carbocycles. The summed E-state index contributed by atoms with van der Waals surface area (Å²) in [6.45, 7) is 0.355. The van der Waals surface area contributed by atoms with E-state index < -0.39 is 0 Å². The summed E-state index contributed by atoms with van der Waals surface area (Å²) in [5, 5.41) is 17.2. The van der Waals surface area contributed by atoms with Crippen LogP contribution in [0.1, 0.15) is 0 Å². The van der Waals surface area contributed by atoms with Gasteiger partial charge in [0.1, 0.15) is 0 Å². The molecule has 0 aromatic rings. The van der Waals surface area contributed by atoms with Crippen LogP contribution in [0.2, 0.25) is 0 Å². The van der Waals surface area contributed by atoms with Crippen LogP contribution in [-0.2, 0) is 0 Å². The van der Waals surface area contributed by atoms with Crippen molar-refractivity contribution in [3.8, 4) is 0 Å². The molecule has 0 spiro atoms. The molecule has 0 saturated heterocycles. The van der Waals surface area contributed by atoms with Crippen molar-refractivity contribution < 1.29 is 15.0 Å². The van der Waals surface area contributed by atoms with Crippen molar-refractivity contribution in [3.05, 3.63) is 0 Å². The number of carbonyl (C=O) groups is 1. The minimum Gasteiger partial charge on any atom is -0.395 e. The van der Waals surface area contributed by atoms with Crippen LogP contribution >= 0.6 is 0 Å². The molecule has 5 nitrogen and oxygen atoms in total. The Hall–Kier alpha value is -0.810. The summed E-state index contributed by atoms with van der Waals surface area (Å²) in [5.74, 6) is 0. The Morgan fingerprint density at radius 1 is 1.17 bits per heavy atom. The zero-order chi connectivity index (χ0) is 9.56. The predicted molar refractivity (Wildman–Crippen MR) is 44.8 cm³/mol. The van der Waals surface area contributed by atoms with Crippen LogP contribution in [0.4, 0.5) is 4.79 Å². The maximum absolute atomic E-state index is 11.3. The first-order valence-electron chi connectivity index (χ1n) is 3.81. The molecule has 2 amide bonds. The molecular weight excluding hydrogens is 160 g/mol. The first-order chi connectivity index (χ1) is 5.63. The van der Waals surface area contributed by atoms with E-state index in [2.05, 4.69) is 0 Å². The van der Waals surface area contributed by atoms with E-state index in [0.717, 1.165) is 0 Å². The molecule has 72 valence electrons. The molecule has 0 fully saturated rings. The fourth-order valence-electron chi connectivity index (χ4n) is 0.827. The number of carbonyl (C=O) groups excluding carboxylic acids is 1. The number of hydrogen-bond acceptors (Lipinski definition) is 3. The van der Waals surface area contributed by atoms with Gasteiger partial charge in [-0.1, -0.05) is 0 Å². The van der Waals surface area contributed by atoms with Gasteiger partial charge in [-0.05, 0) is 0 Å². The highest BCUT2D eigenvalue weighted by Gasteiger charge is 2.13. The lowest BCUT2D eigenvalue weighted by atomic mass is 10.5. The Balaban J connectivity index is 3.99. The molecule has 0 aliphatic rings. The smallest absolute Gasteiger partial charge is 0.319 e. The fraction of sp³-hybridized carbons (Fsp3) is 0.857. The van der Waals surface area contributed by atoms with Gasteiger partial charge in [0.15, 0.2) is 0 Å². The minimum absolute atomic E-state index is 0.0837. The van der Waals surface area contributed by atoms with Gasteiger partial charge in [0.05, 0.1) is 13.2 Å². The van der Waals surface area contributed by atoms with Crippen molar-refractivity contribution in [1.29, 1.82) is 0 Å². The molecule has 0 aliphatic heterocycles. The highest BCUT2D eigenvalue weighted by atomic mass is 16.3. The lowest BCUT2D eigenvalue weighted by Crippen LogP contribution is -2.42. The van der Waals surface area contributed by atoms with Gasteiger partial charge in [0.25, 0.3) is 0 Å². The molecule has 0 unspecified atom stereocenters. The number of aliphatic hydroxyl groups is 2. The number of rotatable bonds is 4. The molecule has 5 heteroatoms. The highest BCUT2D eigenvalue weighted by Crippen LogP contribution is 1.93. The van der Waals surface area contributed by atoms with Crippen LogP contribution in [-0.4, -0.2) is 66.4 Å². The molecule has 0 aromatic carbocycles. The van der Waals surface area contributed by atoms with Crippen molar-refractivity contribution in [2.75, 3.05) is 40.4 Å². The van der Waals surface area contributed by atoms with E-state index in [1.165, 1.54) is 9.80 Å². The van der Waals surface area contributed by atoms with E-state index in [0.29, 0.717) is 0 Å². The van der Waals surface area contributed by atoms with Gasteiger partial charge in [0, 0.05) is 27.2 Å². The predicted octanol–water partition coefficient (Wildman–Crippen LogP) is -1.05. The van der Waals surface area contributed by atoms with Gasteiger partial charge in [-0.2, -0.15) is 0 Å². The molecular formula is C7H16N2O3. The van der Waals surface area contributed by atoms with Crippen LogP contribution in [0.25, 0.3) is 0 Å². The summed E-state index contributed by atoms with van der Waals surface area (Å²) in [4.78, 5) is 14.0. The summed E-state index contributed by atoms with van der Waals surface area (Å²) in [5.41, 5.74) is 0. The average molecular weight is 176 g/mol. The van der Waals surface area contributed by atoms with E-state index in [9.17, 15) is 4.79 Å². The largest absolute Gasteiger partial charge is 0.395 e. The lowest BCUT2D eigenvalue weighted by molar-refractivity contribution is 0.139. The summed E-state index contributed by atoms with van der Waals surface area (Å²) < 4.78 is 0. The van der Waals surface area contributed by atoms with Gasteiger partial charge in [0.2, 0.25) is 0 Å². The number of urea groups is 1. The van der Waals surface area contributed by atoms with Gasteiger partial charge in [-0.25, -0.2) is 4.79 Å². The Morgan fingerprint density at radius 2 is 1.58 bits per heavy atom. The maximum Gasteiger partial charge on any atom is 0.319 e. The van der Waals surface area contributed by atoms with Crippen LogP contribution in [0.15, 0.2) is 0 Å². The second kappa shape index (κ2) is 5.79. The Labute approximate surface area is 72.2 Å². The van der Waals surface area contributed by atoms with Crippen LogP contribution in [0, 0.1) is 0 Å². The van der Waals surface area contributed by atoms with Gasteiger partial charge >= 0.3 is 6.03 Å². The number of hydrogen-bond donors (Lipinski definition) is 2. The third kappa shape index (κ3) is 3.54. The molecule has 0 atom stereocenters. The second-order valence-corrected chi connectivity index (χ2v) is 2.61. The number of aliphatic hydroxyl groups excluding tert-OH is 2. The van der Waals surface area contributed by atoms with Crippen molar-refractivity contribution in [2.45, 2.75) is 0 Å². The molecule has 0 radical (unpaired) electrons. The van der Waals surface area contributed by atoms with Crippen molar-refractivity contribution in [1.82, 2.24) is 9.80 Å². The van der Waals surface area contributed by atoms with Gasteiger partial charge < -0.3 is 20.0 Å². The number of nitrogens with zero attached hydrogens (tertiary/aromatic N) is 2. The topological polar surface area (TPSA) is 64.0 Å². The van der Waals surface area contributed by atoms with Crippen molar-refractivity contribution in [3.63, 3.8) is 0 Å². The molecule has 2 N–H and O–H groups in total. The van der Waals surface area contributed by atoms with E-state index in [4.69, 9.17) is 10.2 Å². The van der Waals surface area contributed by atoms with E-state index in [1.54, 1.807) is 14.1 Å². The Bertz CT molecular complexity index is 133. The van der Waals surface area contributed by atoms with E-state index in [-0.39, 0.29) is 32.3 Å². The summed E-state index contributed by atoms with van der Waals surface area (Å²) in [6.07, 6.45) is 0. The zero-order valence-electron chi connectivity index (χ0n) is 7.53. The lowest BCUT2D eigenvalue weighted by Gasteiger charge is -2.24. The second-order valence-electron chi connectivity index (χ2n) is 2.61. The first-order valence-corrected chi connectivity index (χ1v) is 3.81. The van der Waals surface area contributed by atoms with Gasteiger partial charge in [-0.15, -0.1) is 0 Å². The molecule has 12 heavy (non-hydrogen) atoms. The van der Waals surface area contributed by atoms with E-state index >= 15 is 0 Å². The quantitative estimate of drug-likeness (QED) is 0.574. The monoisotopic (exact) mass is 176 g/mol. The van der Waals surface area contributed by atoms with Crippen LogP contribution in [0.5, 0.6) is 0 Å². The molecule has 0 heterocycles. The van der Waals surface area contributed by atoms with Gasteiger partial charge in [-0.3, -0.25) is 0 Å². The molecule has 0 rings (SSSR count). The van der Waals surface area contributed by atoms with Crippen LogP contribution < -0.4 is 0 Å². The fourth-order valence-corrected chi connectivity index (χ4v) is 0.827. The third-order valence-corrected chi connectivity index (χ3v) is 1.39. The van der Waals surface area contributed by atoms with E-state index in [1.807, 2.05) is 0 Å². The summed E-state index contributed by atoms with van der Waals surface area (Å²) in [7, 11) is 3.26. The Kier molecular flexibility index (Phi) is 5.40. The zero-order valence-corrected chi connectivity index (χ0v) is 7.53. The molecule has 0 saturated carbocycles. The van der Waals surface area contributed by atoms with Crippen molar-refractivity contribution >= 4 is 6.03 Å². The summed E-state index contributed by atoms with van der Waals surface area (Å²) in [6, 6.07) is -0.196. The normalized spacial score (nSPS) is 9.67. The number of amides is 2. The first kappa shape index (κ1) is 11.2. The molecule has 0 bridgehead atoms. The summed E-state index contributed by atoms with van der Waals surface area (Å²) >= 11 is 0. The molecule has 0 aromatic heterocycles.